The SMILES string of the molecule is COc1c2c3c4c(c(NCC5CCC(C(=O)O)CC5)c(=O)c5c(NCC6CCC(C(=O)O)CC6)cc(OC)c(c6c(OC)cc(O)c(c1=O)c63)c54)C=C(C)C2C(C)=O. The fourth-order valence-corrected chi connectivity index (χ4v) is 10.3. The molecule has 13 nitrogen and oxygen atoms in total. The highest BCUT2D eigenvalue weighted by Gasteiger charge is 2.38. The smallest absolute Gasteiger partial charge is 0.306 e. The van der Waals surface area contributed by atoms with Gasteiger partial charge in [0.2, 0.25) is 10.9 Å². The fourth-order valence-electron chi connectivity index (χ4n) is 10.3. The third-order valence-electron chi connectivity index (χ3n) is 13.2. The van der Waals surface area contributed by atoms with Gasteiger partial charge in [-0.3, -0.25) is 24.0 Å². The van der Waals surface area contributed by atoms with E-state index in [-0.39, 0.29) is 51.6 Å². The molecule has 3 aliphatic rings. The summed E-state index contributed by atoms with van der Waals surface area (Å²) in [5.41, 5.74) is 1.35. The number of rotatable bonds is 12. The number of phenolic OH excluding ortho intramolecular Hbond substituents is 1. The number of fused-ring (bicyclic) bond motifs is 1. The molecule has 0 radical (unpaired) electrons. The zero-order chi connectivity index (χ0) is 41.3. The van der Waals surface area contributed by atoms with E-state index in [0.29, 0.717) is 136 Å². The topological polar surface area (TPSA) is 198 Å². The fraction of sp³-hybridized carbons (Fsp3) is 0.444. The molecule has 0 aromatic heterocycles. The number of carboxylic acid groups (broad SMARTS) is 2. The van der Waals surface area contributed by atoms with E-state index in [0.717, 1.165) is 0 Å². The van der Waals surface area contributed by atoms with E-state index in [9.17, 15) is 34.5 Å². The zero-order valence-electron chi connectivity index (χ0n) is 33.3. The highest BCUT2D eigenvalue weighted by molar-refractivity contribution is 6.40. The number of ether oxygens (including phenoxy) is 3. The van der Waals surface area contributed by atoms with Crippen LogP contribution in [0.3, 0.4) is 0 Å². The number of nitrogens with one attached hydrogen (secondary N) is 2. The van der Waals surface area contributed by atoms with Crippen LogP contribution in [-0.4, -0.2) is 67.5 Å². The van der Waals surface area contributed by atoms with E-state index in [2.05, 4.69) is 10.6 Å². The van der Waals surface area contributed by atoms with Crippen LogP contribution in [0.15, 0.2) is 27.3 Å². The number of allylic oxidation sites excluding steroid dienone is 1. The number of hydrogen-bond donors (Lipinski definition) is 5. The average Bonchev–Trinajstić information content (AvgIpc) is 3.33. The van der Waals surface area contributed by atoms with E-state index < -0.39 is 29.2 Å². The Hall–Kier alpha value is -5.85. The third-order valence-corrected chi connectivity index (χ3v) is 13.2. The molecule has 13 heteroatoms. The summed E-state index contributed by atoms with van der Waals surface area (Å²) in [6.45, 7) is 4.13. The Bertz CT molecular complexity index is 2670. The predicted molar refractivity (Wildman–Crippen MR) is 223 cm³/mol. The number of hydrogen-bond acceptors (Lipinski definition) is 11. The lowest BCUT2D eigenvalue weighted by Crippen LogP contribution is -2.27. The molecular weight excluding hydrogens is 744 g/mol. The standard InChI is InChI=1S/C45H48N2O11/c1-19-14-25-31-36-32(41(50)40(25)47-18-22-8-12-24(13-9-22)45(54)55)26(46-17-21-6-10-23(11-7-21)44(52)53)15-28(56-3)34(36)35-29(57-4)16-27(49)33-38(35)37(31)39(30(19)20(2)48)43(58-5)42(33)51/h14-16,21-24,30,46-47,49H,6-13,17-18H2,1-5H3,(H,52,53)(H,54,55). The summed E-state index contributed by atoms with van der Waals surface area (Å²) in [4.78, 5) is 67.2. The summed E-state index contributed by atoms with van der Waals surface area (Å²) in [5.74, 6) is -3.08. The van der Waals surface area contributed by atoms with Crippen LogP contribution in [0, 0.1) is 23.7 Å². The second-order valence-corrected chi connectivity index (χ2v) is 16.4. The summed E-state index contributed by atoms with van der Waals surface area (Å²) in [6, 6.07) is 3.14. The van der Waals surface area contributed by atoms with Crippen molar-refractivity contribution in [3.63, 3.8) is 0 Å². The number of anilines is 2. The van der Waals surface area contributed by atoms with Crippen LogP contribution in [-0.2, 0) is 14.4 Å². The quantitative estimate of drug-likeness (QED) is 0.0623. The van der Waals surface area contributed by atoms with Crippen LogP contribution < -0.4 is 35.7 Å². The molecule has 0 aliphatic heterocycles. The summed E-state index contributed by atoms with van der Waals surface area (Å²) < 4.78 is 17.9. The first-order chi connectivity index (χ1) is 27.8. The van der Waals surface area contributed by atoms with E-state index in [1.165, 1.54) is 34.3 Å². The Kier molecular flexibility index (Phi) is 9.97. The van der Waals surface area contributed by atoms with E-state index in [1.807, 2.05) is 6.08 Å². The number of carbonyl (C=O) groups is 3. The normalized spacial score (nSPS) is 21.9. The first-order valence-corrected chi connectivity index (χ1v) is 20.0. The van der Waals surface area contributed by atoms with Crippen molar-refractivity contribution >= 4 is 78.3 Å². The van der Waals surface area contributed by atoms with Gasteiger partial charge in [-0.25, -0.2) is 0 Å². The van der Waals surface area contributed by atoms with E-state index in [4.69, 9.17) is 14.2 Å². The Labute approximate surface area is 333 Å². The number of phenols is 1. The van der Waals surface area contributed by atoms with Crippen LogP contribution >= 0.6 is 0 Å². The van der Waals surface area contributed by atoms with Crippen molar-refractivity contribution in [3.8, 4) is 23.0 Å². The van der Waals surface area contributed by atoms with E-state index in [1.54, 1.807) is 13.0 Å². The van der Waals surface area contributed by atoms with Crippen molar-refractivity contribution in [2.75, 3.05) is 45.1 Å². The van der Waals surface area contributed by atoms with Gasteiger partial charge < -0.3 is 40.2 Å². The molecule has 58 heavy (non-hydrogen) atoms. The molecule has 0 saturated heterocycles. The average molecular weight is 793 g/mol. The minimum absolute atomic E-state index is 0.0184. The van der Waals surface area contributed by atoms with Crippen LogP contribution in [0.4, 0.5) is 11.4 Å². The molecule has 1 atom stereocenters. The summed E-state index contributed by atoms with van der Waals surface area (Å²) in [6.07, 6.45) is 6.81. The second-order valence-electron chi connectivity index (χ2n) is 16.4. The highest BCUT2D eigenvalue weighted by atomic mass is 16.5. The maximum absolute atomic E-state index is 15.4. The molecule has 5 N–H and O–H groups in total. The van der Waals surface area contributed by atoms with Crippen molar-refractivity contribution in [2.45, 2.75) is 71.1 Å². The maximum Gasteiger partial charge on any atom is 0.306 e. The molecule has 5 aromatic rings. The van der Waals surface area contributed by atoms with Gasteiger partial charge in [-0.05, 0) is 82.4 Å². The molecule has 0 heterocycles. The lowest BCUT2D eigenvalue weighted by molar-refractivity contribution is -0.144. The number of aromatic hydroxyl groups is 1. The number of carboxylic acids is 2. The Morgan fingerprint density at radius 3 is 1.72 bits per heavy atom. The molecule has 2 fully saturated rings. The molecule has 0 bridgehead atoms. The number of Topliss-reactive ketones (excluding diaryl/α,β-unsaturated/α-hetero) is 1. The minimum Gasteiger partial charge on any atom is -0.507 e. The van der Waals surface area contributed by atoms with Gasteiger partial charge >= 0.3 is 11.9 Å². The largest absolute Gasteiger partial charge is 0.507 e. The molecule has 0 spiro atoms. The first-order valence-electron chi connectivity index (χ1n) is 20.0. The van der Waals surface area contributed by atoms with Gasteiger partial charge in [-0.1, -0.05) is 11.6 Å². The summed E-state index contributed by atoms with van der Waals surface area (Å²) >= 11 is 0. The molecule has 2 saturated carbocycles. The lowest BCUT2D eigenvalue weighted by atomic mass is 9.80. The Morgan fingerprint density at radius 2 is 1.21 bits per heavy atom. The minimum atomic E-state index is -0.939. The zero-order valence-corrected chi connectivity index (χ0v) is 33.3. The first kappa shape index (κ1) is 39.0. The third kappa shape index (κ3) is 6.00. The molecule has 3 aliphatic carbocycles. The Balaban J connectivity index is 1.48. The van der Waals surface area contributed by atoms with Gasteiger partial charge in [0.05, 0.1) is 55.5 Å². The number of carbonyl (C=O) groups excluding carboxylic acids is 1. The van der Waals surface area contributed by atoms with Gasteiger partial charge in [0.15, 0.2) is 5.75 Å². The molecular formula is C45H48N2O11. The molecule has 0 amide bonds. The number of ketones is 1. The summed E-state index contributed by atoms with van der Waals surface area (Å²) in [7, 11) is 4.34. The van der Waals surface area contributed by atoms with Crippen molar-refractivity contribution in [3.05, 3.63) is 49.3 Å². The number of methoxy groups -OCH3 is 3. The summed E-state index contributed by atoms with van der Waals surface area (Å²) in [5, 5.41) is 41.1. The van der Waals surface area contributed by atoms with Crippen LogP contribution in [0.5, 0.6) is 23.0 Å². The predicted octanol–water partition coefficient (Wildman–Crippen LogP) is 7.32. The number of benzene rings is 5. The van der Waals surface area contributed by atoms with Gasteiger partial charge in [0.1, 0.15) is 23.0 Å². The Morgan fingerprint density at radius 1 is 0.672 bits per heavy atom. The van der Waals surface area contributed by atoms with Crippen LogP contribution in [0.1, 0.15) is 82.3 Å². The van der Waals surface area contributed by atoms with Gasteiger partial charge in [0, 0.05) is 69.0 Å². The second kappa shape index (κ2) is 14.8. The monoisotopic (exact) mass is 792 g/mol. The molecule has 5 aromatic carbocycles. The van der Waals surface area contributed by atoms with Crippen molar-refractivity contribution in [1.82, 2.24) is 0 Å². The molecule has 1 unspecified atom stereocenters. The van der Waals surface area contributed by atoms with Gasteiger partial charge in [0.25, 0.3) is 0 Å². The molecule has 8 rings (SSSR count). The maximum atomic E-state index is 15.4. The van der Waals surface area contributed by atoms with Crippen molar-refractivity contribution < 1.29 is 43.9 Å². The van der Waals surface area contributed by atoms with E-state index >= 15 is 4.79 Å². The van der Waals surface area contributed by atoms with Crippen molar-refractivity contribution in [2.24, 2.45) is 23.7 Å². The van der Waals surface area contributed by atoms with Gasteiger partial charge in [-0.15, -0.1) is 0 Å². The van der Waals surface area contributed by atoms with Crippen molar-refractivity contribution in [1.29, 1.82) is 0 Å². The molecule has 304 valence electrons. The number of aliphatic carboxylic acids is 2. The highest BCUT2D eigenvalue weighted by Crippen LogP contribution is 2.56. The van der Waals surface area contributed by atoms with Crippen LogP contribution in [0.2, 0.25) is 0 Å². The van der Waals surface area contributed by atoms with Gasteiger partial charge in [-0.2, -0.15) is 0 Å². The van der Waals surface area contributed by atoms with Crippen LogP contribution in [0.25, 0.3) is 49.2 Å². The lowest BCUT2D eigenvalue weighted by Gasteiger charge is -2.28.